The summed E-state index contributed by atoms with van der Waals surface area (Å²) in [4.78, 5) is 39.4. The number of carbonyl (C=O) groups is 1. The Morgan fingerprint density at radius 2 is 2.03 bits per heavy atom. The monoisotopic (exact) mass is 504 g/mol. The molecule has 0 unspecified atom stereocenters. The highest BCUT2D eigenvalue weighted by molar-refractivity contribution is 5.74. The summed E-state index contributed by atoms with van der Waals surface area (Å²) < 4.78 is 15.9. The number of ether oxygens (including phenoxy) is 2. The third-order valence-corrected chi connectivity index (χ3v) is 6.13. The van der Waals surface area contributed by atoms with Crippen LogP contribution < -0.4 is 11.0 Å². The van der Waals surface area contributed by atoms with Crippen LogP contribution in [0.2, 0.25) is 0 Å². The maximum Gasteiger partial charge on any atom is 0.407 e. The number of rotatable bonds is 5. The van der Waals surface area contributed by atoms with Crippen molar-refractivity contribution in [3.05, 3.63) is 46.8 Å². The van der Waals surface area contributed by atoms with Gasteiger partial charge < -0.3 is 14.8 Å². The molecule has 0 aromatic carbocycles. The van der Waals surface area contributed by atoms with Crippen molar-refractivity contribution < 1.29 is 14.3 Å². The molecule has 1 amide bonds. The number of pyridine rings is 1. The summed E-state index contributed by atoms with van der Waals surface area (Å²) >= 11 is 0. The summed E-state index contributed by atoms with van der Waals surface area (Å²) in [7, 11) is 0. The van der Waals surface area contributed by atoms with Gasteiger partial charge in [-0.25, -0.2) is 24.5 Å². The molecule has 0 saturated carbocycles. The first-order chi connectivity index (χ1) is 17.7. The zero-order chi connectivity index (χ0) is 26.2. The van der Waals surface area contributed by atoms with Gasteiger partial charge in [0.25, 0.3) is 0 Å². The molecule has 0 atom stereocenters. The van der Waals surface area contributed by atoms with E-state index in [2.05, 4.69) is 21.4 Å². The predicted molar refractivity (Wildman–Crippen MR) is 134 cm³/mol. The normalized spacial score (nSPS) is 14.6. The van der Waals surface area contributed by atoms with Gasteiger partial charge >= 0.3 is 11.8 Å². The zero-order valence-corrected chi connectivity index (χ0v) is 21.0. The van der Waals surface area contributed by atoms with Crippen LogP contribution in [0.1, 0.15) is 45.2 Å². The van der Waals surface area contributed by atoms with Gasteiger partial charge in [-0.05, 0) is 45.7 Å². The molecule has 192 valence electrons. The van der Waals surface area contributed by atoms with Gasteiger partial charge in [-0.3, -0.25) is 13.5 Å². The van der Waals surface area contributed by atoms with Crippen molar-refractivity contribution in [3.8, 4) is 17.6 Å². The van der Waals surface area contributed by atoms with Gasteiger partial charge in [-0.1, -0.05) is 0 Å². The molecule has 0 spiro atoms. The van der Waals surface area contributed by atoms with Crippen molar-refractivity contribution in [2.45, 2.75) is 51.8 Å². The third kappa shape index (κ3) is 4.90. The van der Waals surface area contributed by atoms with E-state index in [4.69, 9.17) is 14.5 Å². The lowest BCUT2D eigenvalue weighted by atomic mass is 10.1. The summed E-state index contributed by atoms with van der Waals surface area (Å²) in [5, 5.41) is 12.0. The first-order valence-electron chi connectivity index (χ1n) is 12.1. The van der Waals surface area contributed by atoms with Crippen LogP contribution in [0.5, 0.6) is 0 Å². The minimum absolute atomic E-state index is 0.0704. The molecule has 0 radical (unpaired) electrons. The van der Waals surface area contributed by atoms with Gasteiger partial charge in [0.15, 0.2) is 11.5 Å². The maximum absolute atomic E-state index is 13.6. The topological polar surface area (TPSA) is 141 Å². The molecule has 37 heavy (non-hydrogen) atoms. The lowest BCUT2D eigenvalue weighted by Gasteiger charge is -2.22. The van der Waals surface area contributed by atoms with Crippen LogP contribution in [0.4, 0.5) is 4.79 Å². The Morgan fingerprint density at radius 1 is 1.24 bits per heavy atom. The molecule has 0 bridgehead atoms. The highest BCUT2D eigenvalue weighted by atomic mass is 16.6. The minimum atomic E-state index is -0.615. The quantitative estimate of drug-likeness (QED) is 0.437. The highest BCUT2D eigenvalue weighted by Gasteiger charge is 2.25. The Labute approximate surface area is 212 Å². The fraction of sp³-hybridized carbons (Fsp3) is 0.440. The van der Waals surface area contributed by atoms with Crippen LogP contribution in [0, 0.1) is 11.3 Å². The largest absolute Gasteiger partial charge is 0.444 e. The van der Waals surface area contributed by atoms with Crippen LogP contribution in [0.25, 0.3) is 28.3 Å². The Bertz CT molecular complexity index is 1560. The number of fused-ring (bicyclic) bond motifs is 2. The van der Waals surface area contributed by atoms with E-state index < -0.39 is 11.7 Å². The van der Waals surface area contributed by atoms with E-state index in [1.54, 1.807) is 65.0 Å². The summed E-state index contributed by atoms with van der Waals surface area (Å²) in [5.41, 5.74) is 1.99. The average Bonchev–Trinajstić information content (AvgIpc) is 3.41. The molecule has 5 heterocycles. The fourth-order valence-electron chi connectivity index (χ4n) is 4.47. The minimum Gasteiger partial charge on any atom is -0.444 e. The first-order valence-corrected chi connectivity index (χ1v) is 12.1. The van der Waals surface area contributed by atoms with E-state index in [-0.39, 0.29) is 24.8 Å². The van der Waals surface area contributed by atoms with Crippen LogP contribution in [-0.4, -0.2) is 59.9 Å². The number of alkyl carbamates (subject to hydrolysis) is 1. The third-order valence-electron chi connectivity index (χ3n) is 6.13. The van der Waals surface area contributed by atoms with Gasteiger partial charge in [0, 0.05) is 38.5 Å². The molecular weight excluding hydrogens is 476 g/mol. The van der Waals surface area contributed by atoms with Crippen LogP contribution in [0.15, 0.2) is 35.5 Å². The van der Waals surface area contributed by atoms with Crippen LogP contribution in [0.3, 0.4) is 0 Å². The molecule has 1 N–H and O–H groups in total. The predicted octanol–water partition coefficient (Wildman–Crippen LogP) is 2.66. The van der Waals surface area contributed by atoms with E-state index in [0.29, 0.717) is 59.9 Å². The van der Waals surface area contributed by atoms with E-state index >= 15 is 0 Å². The van der Waals surface area contributed by atoms with E-state index in [0.717, 1.165) is 0 Å². The van der Waals surface area contributed by atoms with Gasteiger partial charge in [0.1, 0.15) is 28.5 Å². The smallest absolute Gasteiger partial charge is 0.407 e. The standard InChI is InChI=1S/C25H28N8O4/c1-25(2,3)37-23(34)27-8-9-31-19-14-29-21(18-13-28-20-5-4-16(12-26)15-32(18)20)30-22(19)33(24(31)35)17-6-10-36-11-7-17/h4-5,13-15,17H,6-11H2,1-3H3,(H,27,34). The average molecular weight is 505 g/mol. The number of nitrogens with one attached hydrogen (secondary N) is 1. The number of hydrogen-bond acceptors (Lipinski definition) is 8. The molecule has 4 aromatic heterocycles. The highest BCUT2D eigenvalue weighted by Crippen LogP contribution is 2.26. The number of hydrogen-bond donors (Lipinski definition) is 1. The number of imidazole rings is 2. The lowest BCUT2D eigenvalue weighted by molar-refractivity contribution is 0.0525. The zero-order valence-electron chi connectivity index (χ0n) is 21.0. The van der Waals surface area contributed by atoms with Crippen molar-refractivity contribution in [1.82, 2.24) is 33.8 Å². The number of aromatic nitrogens is 6. The molecule has 5 rings (SSSR count). The number of nitriles is 1. The van der Waals surface area contributed by atoms with Crippen molar-refractivity contribution in [2.24, 2.45) is 0 Å². The SMILES string of the molecule is CC(C)(C)OC(=O)NCCn1c(=O)n(C2CCOCC2)c2nc(-c3cnc4ccc(C#N)cn34)ncc21. The van der Waals surface area contributed by atoms with Crippen molar-refractivity contribution in [2.75, 3.05) is 19.8 Å². The van der Waals surface area contributed by atoms with Gasteiger partial charge in [-0.15, -0.1) is 0 Å². The molecule has 1 fully saturated rings. The van der Waals surface area contributed by atoms with Gasteiger partial charge in [-0.2, -0.15) is 5.26 Å². The number of amides is 1. The van der Waals surface area contributed by atoms with Crippen molar-refractivity contribution in [1.29, 1.82) is 5.26 Å². The Hall–Kier alpha value is -4.24. The number of carbonyl (C=O) groups excluding carboxylic acids is 1. The maximum atomic E-state index is 13.6. The number of nitrogens with zero attached hydrogens (tertiary/aromatic N) is 7. The summed E-state index contributed by atoms with van der Waals surface area (Å²) in [6.07, 6.45) is 5.79. The summed E-state index contributed by atoms with van der Waals surface area (Å²) in [6, 6.07) is 5.52. The Morgan fingerprint density at radius 3 is 2.76 bits per heavy atom. The molecule has 12 nitrogen and oxygen atoms in total. The molecule has 1 saturated heterocycles. The molecule has 0 aliphatic carbocycles. The Balaban J connectivity index is 1.54. The second kappa shape index (κ2) is 9.67. The van der Waals surface area contributed by atoms with Crippen molar-refractivity contribution in [3.63, 3.8) is 0 Å². The summed E-state index contributed by atoms with van der Waals surface area (Å²) in [6.45, 7) is 6.93. The van der Waals surface area contributed by atoms with Crippen LogP contribution in [-0.2, 0) is 16.0 Å². The second-order valence-electron chi connectivity index (χ2n) is 9.88. The van der Waals surface area contributed by atoms with Crippen LogP contribution >= 0.6 is 0 Å². The van der Waals surface area contributed by atoms with Gasteiger partial charge in [0.2, 0.25) is 0 Å². The van der Waals surface area contributed by atoms with Gasteiger partial charge in [0.05, 0.1) is 18.0 Å². The van der Waals surface area contributed by atoms with E-state index in [9.17, 15) is 14.9 Å². The Kier molecular flexibility index (Phi) is 6.39. The first kappa shape index (κ1) is 24.5. The second-order valence-corrected chi connectivity index (χ2v) is 9.88. The molecular formula is C25H28N8O4. The molecule has 1 aliphatic rings. The molecule has 1 aliphatic heterocycles. The fourth-order valence-corrected chi connectivity index (χ4v) is 4.47. The molecule has 12 heteroatoms. The summed E-state index contributed by atoms with van der Waals surface area (Å²) in [5.74, 6) is 0.389. The van der Waals surface area contributed by atoms with E-state index in [1.807, 2.05) is 0 Å². The van der Waals surface area contributed by atoms with Crippen molar-refractivity contribution >= 4 is 22.9 Å². The lowest BCUT2D eigenvalue weighted by Crippen LogP contribution is -2.36. The van der Waals surface area contributed by atoms with E-state index in [1.165, 1.54) is 0 Å². The molecule has 4 aromatic rings.